The van der Waals surface area contributed by atoms with Crippen LogP contribution in [0.25, 0.3) is 11.1 Å². The number of hydrogen-bond acceptors (Lipinski definition) is 7. The van der Waals surface area contributed by atoms with Gasteiger partial charge in [0.2, 0.25) is 22.7 Å². The number of sulfonamides is 1. The number of aliphatic hydroxyl groups excluding tert-OH is 2. The first-order valence-electron chi connectivity index (χ1n) is 12.4. The van der Waals surface area contributed by atoms with E-state index in [-0.39, 0.29) is 27.4 Å². The van der Waals surface area contributed by atoms with E-state index in [1.165, 1.54) is 19.1 Å². The number of carbonyl (C=O) groups is 1. The molecular weight excluding hydrogens is 527 g/mol. The van der Waals surface area contributed by atoms with Crippen LogP contribution in [0.2, 0.25) is 0 Å². The molecule has 4 N–H and O–H groups in total. The maximum absolute atomic E-state index is 15.3. The predicted molar refractivity (Wildman–Crippen MR) is 148 cm³/mol. The Bertz CT molecular complexity index is 1570. The molecule has 9 nitrogen and oxygen atoms in total. The molecule has 0 unspecified atom stereocenters. The van der Waals surface area contributed by atoms with Gasteiger partial charge in [0.1, 0.15) is 5.82 Å². The maximum atomic E-state index is 15.3. The summed E-state index contributed by atoms with van der Waals surface area (Å²) in [6, 6.07) is 14.1. The zero-order valence-electron chi connectivity index (χ0n) is 21.5. The van der Waals surface area contributed by atoms with E-state index in [9.17, 15) is 23.4 Å². The van der Waals surface area contributed by atoms with Crippen molar-refractivity contribution < 1.29 is 41.6 Å². The Labute approximate surface area is 230 Å². The molecule has 39 heavy (non-hydrogen) atoms. The van der Waals surface area contributed by atoms with Gasteiger partial charge in [-0.15, -0.1) is 0 Å². The third-order valence-electron chi connectivity index (χ3n) is 7.22. The van der Waals surface area contributed by atoms with Gasteiger partial charge >= 0.3 is 0 Å². The molecule has 1 aliphatic heterocycles. The van der Waals surface area contributed by atoms with Gasteiger partial charge in [0.25, 0.3) is 0 Å². The largest absolute Gasteiger partial charge is 0.454 e. The van der Waals surface area contributed by atoms with Crippen LogP contribution in [0, 0.1) is 12.7 Å². The Hall–Kier alpha value is -3.51. The molecule has 0 saturated heterocycles. The number of aryl methyl sites for hydroxylation is 1. The molecule has 3 aromatic rings. The molecule has 0 atom stereocenters. The van der Waals surface area contributed by atoms with Crippen molar-refractivity contribution in [2.45, 2.75) is 42.5 Å². The topological polar surface area (TPSA) is 134 Å². The first-order valence-corrected chi connectivity index (χ1v) is 13.9. The smallest absolute Gasteiger partial charge is 0.241 e. The van der Waals surface area contributed by atoms with Gasteiger partial charge in [0, 0.05) is 15.5 Å². The van der Waals surface area contributed by atoms with E-state index in [1.54, 1.807) is 31.2 Å². The second-order valence-electron chi connectivity index (χ2n) is 10.3. The molecule has 5 rings (SSSR count). The summed E-state index contributed by atoms with van der Waals surface area (Å²) < 4.78 is 53.7. The van der Waals surface area contributed by atoms with Crippen molar-refractivity contribution in [2.75, 3.05) is 25.3 Å². The van der Waals surface area contributed by atoms with E-state index in [2.05, 4.69) is 10.0 Å². The van der Waals surface area contributed by atoms with Gasteiger partial charge in [-0.3, -0.25) is 4.79 Å². The lowest BCUT2D eigenvalue weighted by atomic mass is 9.94. The summed E-state index contributed by atoms with van der Waals surface area (Å²) in [5.41, 5.74) is 0.510. The Morgan fingerprint density at radius 1 is 1.03 bits per heavy atom. The maximum Gasteiger partial charge on any atom is 0.241 e. The van der Waals surface area contributed by atoms with E-state index < -0.39 is 40.0 Å². The highest BCUT2D eigenvalue weighted by molar-refractivity contribution is 7.89. The quantitative estimate of drug-likeness (QED) is 0.310. The minimum atomic E-state index is -4.22. The van der Waals surface area contributed by atoms with Crippen LogP contribution in [0.5, 0.6) is 11.5 Å². The molecule has 1 saturated carbocycles. The summed E-state index contributed by atoms with van der Waals surface area (Å²) in [5.74, 6) is 0.293. The molecule has 1 heterocycles. The lowest BCUT2D eigenvalue weighted by Crippen LogP contribution is -2.51. The lowest BCUT2D eigenvalue weighted by Gasteiger charge is -2.25. The summed E-state index contributed by atoms with van der Waals surface area (Å²) in [6.45, 7) is 1.98. The molecule has 0 spiro atoms. The van der Waals surface area contributed by atoms with Gasteiger partial charge in [0.15, 0.2) is 11.5 Å². The van der Waals surface area contributed by atoms with E-state index >= 15 is 4.39 Å². The second-order valence-corrected chi connectivity index (χ2v) is 11.9. The summed E-state index contributed by atoms with van der Waals surface area (Å²) in [4.78, 5) is 13.0. The van der Waals surface area contributed by atoms with Crippen molar-refractivity contribution >= 4 is 21.6 Å². The lowest BCUT2D eigenvalue weighted by molar-refractivity contribution is -0.118. The van der Waals surface area contributed by atoms with Crippen molar-refractivity contribution in [3.63, 3.8) is 0 Å². The summed E-state index contributed by atoms with van der Waals surface area (Å²) in [7, 11) is -4.22. The van der Waals surface area contributed by atoms with Crippen LogP contribution in [0.1, 0.15) is 35.2 Å². The van der Waals surface area contributed by atoms with Gasteiger partial charge in [-0.2, -0.15) is 0 Å². The zero-order valence-corrected chi connectivity index (χ0v) is 22.3. The number of amides is 1. The number of hydrogen-bond donors (Lipinski definition) is 4. The summed E-state index contributed by atoms with van der Waals surface area (Å²) >= 11 is 0. The first-order chi connectivity index (χ1) is 18.5. The van der Waals surface area contributed by atoms with E-state index in [0.29, 0.717) is 35.6 Å². The van der Waals surface area contributed by atoms with Crippen molar-refractivity contribution in [3.05, 3.63) is 71.5 Å². The Balaban J connectivity index is 0.00000205. The molecule has 0 aromatic heterocycles. The van der Waals surface area contributed by atoms with Crippen molar-refractivity contribution in [3.8, 4) is 22.6 Å². The first kappa shape index (κ1) is 27.1. The van der Waals surface area contributed by atoms with Crippen molar-refractivity contribution in [1.82, 2.24) is 4.72 Å². The number of aliphatic hydroxyl groups is 2. The highest BCUT2D eigenvalue weighted by atomic mass is 32.2. The van der Waals surface area contributed by atoms with E-state index in [1.807, 2.05) is 12.1 Å². The van der Waals surface area contributed by atoms with Crippen LogP contribution in [0.3, 0.4) is 0 Å². The van der Waals surface area contributed by atoms with Crippen LogP contribution in [0.15, 0.2) is 59.5 Å². The van der Waals surface area contributed by atoms with Gasteiger partial charge in [-0.05, 0) is 79.8 Å². The normalized spacial score (nSPS) is 15.7. The number of benzene rings is 3. The second kappa shape index (κ2) is 9.91. The standard InChI is InChI=1S/C28H29FN2O7S.3H2/c1-17-3-5-19(30-26(34)28(9-10-28)18-4-8-24-25(11-18)38-16-37-24)12-22(17)21-7-6-20(13-23(21)29)39(35,36)31-27(2,14-32)15-33;;;/h3-8,11-13,31-33H,9-10,14-16H2,1-2H3,(H,30,34);3*1H. The number of anilines is 1. The summed E-state index contributed by atoms with van der Waals surface area (Å²) in [6.07, 6.45) is 1.36. The highest BCUT2D eigenvalue weighted by Crippen LogP contribution is 2.51. The van der Waals surface area contributed by atoms with E-state index in [4.69, 9.17) is 9.47 Å². The number of carbonyl (C=O) groups excluding carboxylic acids is 1. The third-order valence-corrected chi connectivity index (χ3v) is 8.86. The monoisotopic (exact) mass is 562 g/mol. The summed E-state index contributed by atoms with van der Waals surface area (Å²) in [5, 5.41) is 21.8. The zero-order chi connectivity index (χ0) is 28.0. The van der Waals surface area contributed by atoms with Gasteiger partial charge in [-0.25, -0.2) is 17.5 Å². The van der Waals surface area contributed by atoms with Crippen molar-refractivity contribution in [2.24, 2.45) is 0 Å². The molecule has 11 heteroatoms. The third kappa shape index (κ3) is 5.10. The molecule has 1 aliphatic carbocycles. The molecule has 2 aliphatic rings. The molecule has 212 valence electrons. The van der Waals surface area contributed by atoms with Crippen molar-refractivity contribution in [1.29, 1.82) is 0 Å². The molecule has 0 radical (unpaired) electrons. The predicted octanol–water partition coefficient (Wildman–Crippen LogP) is 3.96. The Morgan fingerprint density at radius 2 is 1.74 bits per heavy atom. The number of halogens is 1. The van der Waals surface area contributed by atoms with Gasteiger partial charge in [0.05, 0.1) is 29.1 Å². The fourth-order valence-corrected chi connectivity index (χ4v) is 5.99. The average molecular weight is 563 g/mol. The van der Waals surface area contributed by atoms with Gasteiger partial charge < -0.3 is 25.0 Å². The fraction of sp³-hybridized carbons (Fsp3) is 0.321. The SMILES string of the molecule is Cc1ccc(NC(=O)C2(c3ccc4c(c3)OCO4)CC2)cc1-c1ccc(S(=O)(=O)NC(C)(CO)CO)cc1F.[HH].[HH].[HH]. The number of ether oxygens (including phenoxy) is 2. The number of rotatable bonds is 9. The van der Waals surface area contributed by atoms with Crippen LogP contribution in [-0.2, 0) is 20.2 Å². The molecule has 0 bridgehead atoms. The molecule has 3 aromatic carbocycles. The number of fused-ring (bicyclic) bond motifs is 1. The van der Waals surface area contributed by atoms with E-state index in [0.717, 1.165) is 17.2 Å². The van der Waals surface area contributed by atoms with Crippen LogP contribution < -0.4 is 19.5 Å². The Kier molecular flexibility index (Phi) is 6.88. The molecular formula is C28H35FN2O7S. The van der Waals surface area contributed by atoms with Crippen LogP contribution in [-0.4, -0.2) is 50.1 Å². The van der Waals surface area contributed by atoms with Crippen LogP contribution in [0.4, 0.5) is 10.1 Å². The minimum Gasteiger partial charge on any atom is -0.454 e. The fourth-order valence-electron chi connectivity index (χ4n) is 4.59. The molecule has 1 amide bonds. The highest BCUT2D eigenvalue weighted by Gasteiger charge is 2.51. The number of nitrogens with one attached hydrogen (secondary N) is 2. The Morgan fingerprint density at radius 3 is 2.41 bits per heavy atom. The minimum absolute atomic E-state index is 0. The molecule has 1 fully saturated rings. The van der Waals surface area contributed by atoms with Crippen LogP contribution >= 0.6 is 0 Å². The average Bonchev–Trinajstić information content (AvgIpc) is 3.60. The van der Waals surface area contributed by atoms with Gasteiger partial charge in [-0.1, -0.05) is 18.2 Å².